The maximum atomic E-state index is 5.88. The fourth-order valence-electron chi connectivity index (χ4n) is 1.45. The van der Waals surface area contributed by atoms with Gasteiger partial charge >= 0.3 is 34.0 Å². The van der Waals surface area contributed by atoms with Crippen molar-refractivity contribution in [3.05, 3.63) is 0 Å². The molecular weight excluding hydrogens is 290 g/mol. The van der Waals surface area contributed by atoms with E-state index in [9.17, 15) is 0 Å². The number of hydrogen-bond acceptors (Lipinski definition) is 4. The van der Waals surface area contributed by atoms with Crippen LogP contribution in [0.15, 0.2) is 0 Å². The van der Waals surface area contributed by atoms with Gasteiger partial charge in [0.05, 0.1) is 0 Å². The molecule has 6 heteroatoms. The van der Waals surface area contributed by atoms with E-state index in [4.69, 9.17) is 16.1 Å². The first-order chi connectivity index (χ1) is 9.29. The van der Waals surface area contributed by atoms with Gasteiger partial charge in [-0.05, 0) is 75.2 Å². The van der Waals surface area contributed by atoms with Crippen molar-refractivity contribution in [3.8, 4) is 0 Å². The Morgan fingerprint density at radius 2 is 0.955 bits per heavy atom. The minimum atomic E-state index is -2.11. The van der Waals surface area contributed by atoms with Crippen molar-refractivity contribution >= 4 is 15.1 Å². The van der Waals surface area contributed by atoms with E-state index in [0.717, 1.165) is 13.2 Å². The molecule has 1 rings (SSSR count). The normalized spacial score (nSPS) is 15.7. The molecular formula is C16H36AlLiO4. The fraction of sp³-hybridized carbons (Fsp3) is 1.00. The van der Waals surface area contributed by atoms with Crippen LogP contribution in [-0.4, -0.2) is 45.2 Å². The largest absolute Gasteiger partial charge is 1.00 e. The minimum Gasteiger partial charge on any atom is -1.00 e. The van der Waals surface area contributed by atoms with E-state index >= 15 is 0 Å². The SMILES string of the molecule is C1CCOC1.CC(C)(C)[O][Al]([O]C(C)(C)C)[O]C(C)(C)C.[H-].[Li+]. The Bertz CT molecular complexity index is 236. The van der Waals surface area contributed by atoms with Gasteiger partial charge in [0.25, 0.3) is 0 Å². The molecule has 0 radical (unpaired) electrons. The van der Waals surface area contributed by atoms with Crippen LogP contribution in [0, 0.1) is 0 Å². The van der Waals surface area contributed by atoms with E-state index in [-0.39, 0.29) is 37.1 Å². The Kier molecular flexibility index (Phi) is 12.3. The monoisotopic (exact) mass is 326 g/mol. The van der Waals surface area contributed by atoms with Gasteiger partial charge in [0.15, 0.2) is 0 Å². The molecule has 0 saturated carbocycles. The summed E-state index contributed by atoms with van der Waals surface area (Å²) in [6.07, 6.45) is 2.56. The van der Waals surface area contributed by atoms with E-state index in [1.165, 1.54) is 12.8 Å². The zero-order valence-corrected chi connectivity index (χ0v) is 17.7. The van der Waals surface area contributed by atoms with Gasteiger partial charge in [-0.15, -0.1) is 0 Å². The Labute approximate surface area is 156 Å². The standard InChI is InChI=1S/C4H8O.3C4H9O.Al.Li.H/c1-2-4-5-3-1;3*1-4(2,3)5;;;/h1-4H2;3*1-3H3;;;/q;3*-1;+3;+1;-1. The predicted molar refractivity (Wildman–Crippen MR) is 89.4 cm³/mol. The first-order valence-corrected chi connectivity index (χ1v) is 9.31. The number of hydrogen-bond donors (Lipinski definition) is 0. The third-order valence-electron chi connectivity index (χ3n) is 2.18. The Morgan fingerprint density at radius 3 is 1.09 bits per heavy atom. The van der Waals surface area contributed by atoms with E-state index in [1.54, 1.807) is 0 Å². The van der Waals surface area contributed by atoms with Gasteiger partial charge < -0.3 is 17.5 Å². The molecule has 1 fully saturated rings. The third-order valence-corrected chi connectivity index (χ3v) is 4.88. The molecule has 4 nitrogen and oxygen atoms in total. The molecule has 128 valence electrons. The minimum absolute atomic E-state index is 0. The predicted octanol–water partition coefficient (Wildman–Crippen LogP) is 1.33. The molecule has 1 aliphatic heterocycles. The fourth-order valence-corrected chi connectivity index (χ4v) is 3.32. The molecule has 1 heterocycles. The van der Waals surface area contributed by atoms with Crippen molar-refractivity contribution in [2.24, 2.45) is 0 Å². The molecule has 0 unspecified atom stereocenters. The second-order valence-corrected chi connectivity index (χ2v) is 9.58. The van der Waals surface area contributed by atoms with Gasteiger partial charge in [-0.1, -0.05) is 0 Å². The first kappa shape index (κ1) is 25.2. The topological polar surface area (TPSA) is 36.9 Å². The van der Waals surface area contributed by atoms with Crippen LogP contribution >= 0.6 is 0 Å². The van der Waals surface area contributed by atoms with Crippen molar-refractivity contribution in [2.75, 3.05) is 13.2 Å². The second kappa shape index (κ2) is 10.8. The zero-order valence-electron chi connectivity index (χ0n) is 17.5. The molecule has 0 aromatic carbocycles. The molecule has 22 heavy (non-hydrogen) atoms. The maximum absolute atomic E-state index is 5.88. The summed E-state index contributed by atoms with van der Waals surface area (Å²) in [5.41, 5.74) is -0.686. The van der Waals surface area contributed by atoms with Crippen molar-refractivity contribution in [1.82, 2.24) is 0 Å². The van der Waals surface area contributed by atoms with Crippen molar-refractivity contribution in [3.63, 3.8) is 0 Å². The smallest absolute Gasteiger partial charge is 1.00 e. The van der Waals surface area contributed by atoms with E-state index in [2.05, 4.69) is 0 Å². The summed E-state index contributed by atoms with van der Waals surface area (Å²) in [4.78, 5) is 0. The molecule has 0 N–H and O–H groups in total. The summed E-state index contributed by atoms with van der Waals surface area (Å²) in [5.74, 6) is 0. The summed E-state index contributed by atoms with van der Waals surface area (Å²) in [7, 11) is 0. The van der Waals surface area contributed by atoms with Gasteiger partial charge in [-0.25, -0.2) is 0 Å². The molecule has 0 aromatic rings. The van der Waals surface area contributed by atoms with Crippen LogP contribution in [0.5, 0.6) is 0 Å². The van der Waals surface area contributed by atoms with Gasteiger partial charge in [0.2, 0.25) is 0 Å². The number of ether oxygens (including phenoxy) is 1. The summed E-state index contributed by atoms with van der Waals surface area (Å²) in [5, 5.41) is 0. The molecule has 1 saturated heterocycles. The van der Waals surface area contributed by atoms with Crippen LogP contribution in [0.25, 0.3) is 0 Å². The van der Waals surface area contributed by atoms with Crippen LogP contribution in [0.3, 0.4) is 0 Å². The molecule has 1 aliphatic rings. The first-order valence-electron chi connectivity index (χ1n) is 7.90. The van der Waals surface area contributed by atoms with E-state index in [0.29, 0.717) is 0 Å². The van der Waals surface area contributed by atoms with Gasteiger partial charge in [0.1, 0.15) is 0 Å². The molecule has 0 aromatic heterocycles. The third kappa shape index (κ3) is 19.0. The molecule has 0 atom stereocenters. The van der Waals surface area contributed by atoms with Gasteiger partial charge in [-0.3, -0.25) is 0 Å². The summed E-state index contributed by atoms with van der Waals surface area (Å²) in [6.45, 7) is 20.2. The van der Waals surface area contributed by atoms with Gasteiger partial charge in [0, 0.05) is 30.0 Å². The van der Waals surface area contributed by atoms with Crippen molar-refractivity contribution in [1.29, 1.82) is 0 Å². The maximum Gasteiger partial charge on any atom is 1.00 e. The van der Waals surface area contributed by atoms with Crippen molar-refractivity contribution in [2.45, 2.75) is 92.0 Å². The Morgan fingerprint density at radius 1 is 0.682 bits per heavy atom. The summed E-state index contributed by atoms with van der Waals surface area (Å²) < 4.78 is 22.6. The Hall–Kier alpha value is 0.970. The number of rotatable bonds is 3. The summed E-state index contributed by atoms with van der Waals surface area (Å²) in [6, 6.07) is 0. The average Bonchev–Trinajstić information content (AvgIpc) is 2.64. The molecule has 0 aliphatic carbocycles. The quantitative estimate of drug-likeness (QED) is 0.733. The van der Waals surface area contributed by atoms with Crippen LogP contribution in [0.4, 0.5) is 0 Å². The summed E-state index contributed by atoms with van der Waals surface area (Å²) >= 11 is -2.11. The van der Waals surface area contributed by atoms with Crippen LogP contribution in [0.2, 0.25) is 0 Å². The second-order valence-electron chi connectivity index (χ2n) is 8.30. The van der Waals surface area contributed by atoms with E-state index < -0.39 is 15.1 Å². The van der Waals surface area contributed by atoms with Crippen LogP contribution < -0.4 is 18.9 Å². The van der Waals surface area contributed by atoms with E-state index in [1.807, 2.05) is 62.3 Å². The van der Waals surface area contributed by atoms with Crippen LogP contribution in [-0.2, 0) is 16.1 Å². The van der Waals surface area contributed by atoms with Crippen molar-refractivity contribution < 1.29 is 36.4 Å². The molecule has 0 amide bonds. The molecule has 0 bridgehead atoms. The zero-order chi connectivity index (χ0) is 16.7. The Balaban J connectivity index is -0.000000484. The van der Waals surface area contributed by atoms with Gasteiger partial charge in [-0.2, -0.15) is 0 Å². The van der Waals surface area contributed by atoms with Crippen LogP contribution in [0.1, 0.15) is 76.6 Å². The average molecular weight is 326 g/mol. The molecule has 0 spiro atoms.